The number of fused-ring (bicyclic) bond motifs is 1. The molecular formula is C25H33N5O. The van der Waals surface area contributed by atoms with Crippen LogP contribution >= 0.6 is 0 Å². The van der Waals surface area contributed by atoms with Crippen LogP contribution in [0.2, 0.25) is 0 Å². The molecule has 4 rings (SSSR count). The maximum atomic E-state index is 5.66. The Bertz CT molecular complexity index is 1010. The number of ether oxygens (including phenoxy) is 1. The lowest BCUT2D eigenvalue weighted by atomic mass is 10.0. The van der Waals surface area contributed by atoms with Crippen LogP contribution in [0.5, 0.6) is 5.75 Å². The van der Waals surface area contributed by atoms with Crippen LogP contribution in [0.4, 0.5) is 0 Å². The quantitative estimate of drug-likeness (QED) is 0.385. The van der Waals surface area contributed by atoms with E-state index in [9.17, 15) is 0 Å². The summed E-state index contributed by atoms with van der Waals surface area (Å²) < 4.78 is 5.66. The van der Waals surface area contributed by atoms with Crippen molar-refractivity contribution < 1.29 is 4.74 Å². The molecular weight excluding hydrogens is 386 g/mol. The van der Waals surface area contributed by atoms with Crippen molar-refractivity contribution in [1.29, 1.82) is 0 Å². The largest absolute Gasteiger partial charge is 0.496 e. The van der Waals surface area contributed by atoms with Gasteiger partial charge in [0.15, 0.2) is 5.96 Å². The van der Waals surface area contributed by atoms with Crippen LogP contribution in [0.1, 0.15) is 30.0 Å². The summed E-state index contributed by atoms with van der Waals surface area (Å²) in [5, 5.41) is 8.31. The molecule has 2 heterocycles. The molecule has 6 heteroatoms. The Morgan fingerprint density at radius 3 is 2.68 bits per heavy atom. The molecule has 0 radical (unpaired) electrons. The van der Waals surface area contributed by atoms with E-state index in [1.807, 2.05) is 19.2 Å². The number of aromatic amines is 1. The zero-order valence-corrected chi connectivity index (χ0v) is 18.5. The van der Waals surface area contributed by atoms with Crippen LogP contribution in [0, 0.1) is 0 Å². The summed E-state index contributed by atoms with van der Waals surface area (Å²) in [7, 11) is 3.58. The monoisotopic (exact) mass is 419 g/mol. The number of rotatable bonds is 8. The van der Waals surface area contributed by atoms with Crippen molar-refractivity contribution in [1.82, 2.24) is 20.5 Å². The molecule has 1 unspecified atom stereocenters. The highest BCUT2D eigenvalue weighted by atomic mass is 16.5. The molecule has 6 nitrogen and oxygen atoms in total. The third kappa shape index (κ3) is 5.02. The van der Waals surface area contributed by atoms with Crippen molar-refractivity contribution in [3.05, 3.63) is 65.9 Å². The second kappa shape index (κ2) is 10.4. The van der Waals surface area contributed by atoms with Gasteiger partial charge in [0.05, 0.1) is 13.2 Å². The molecule has 0 saturated carbocycles. The fraction of sp³-hybridized carbons (Fsp3) is 0.400. The number of aliphatic imine (C=N–C) groups is 1. The Balaban J connectivity index is 1.37. The van der Waals surface area contributed by atoms with Gasteiger partial charge in [0.1, 0.15) is 5.75 Å². The normalized spacial score (nSPS) is 15.9. The topological polar surface area (TPSA) is 64.7 Å². The van der Waals surface area contributed by atoms with E-state index >= 15 is 0 Å². The molecule has 31 heavy (non-hydrogen) atoms. The molecule has 0 spiro atoms. The summed E-state index contributed by atoms with van der Waals surface area (Å²) in [6, 6.07) is 17.0. The summed E-state index contributed by atoms with van der Waals surface area (Å²) >= 11 is 0. The van der Waals surface area contributed by atoms with E-state index in [0.29, 0.717) is 0 Å². The molecule has 0 aliphatic carbocycles. The number of H-pyrrole nitrogens is 1. The van der Waals surface area contributed by atoms with E-state index < -0.39 is 0 Å². The molecule has 0 bridgehead atoms. The van der Waals surface area contributed by atoms with Crippen molar-refractivity contribution in [2.75, 3.05) is 40.3 Å². The Morgan fingerprint density at radius 2 is 1.87 bits per heavy atom. The molecule has 1 aliphatic rings. The number of hydrogen-bond donors (Lipinski definition) is 3. The maximum Gasteiger partial charge on any atom is 0.191 e. The van der Waals surface area contributed by atoms with Gasteiger partial charge in [-0.2, -0.15) is 0 Å². The Hall–Kier alpha value is -2.99. The van der Waals surface area contributed by atoms with E-state index in [2.05, 4.69) is 68.1 Å². The second-order valence-electron chi connectivity index (χ2n) is 7.99. The first-order chi connectivity index (χ1) is 15.3. The predicted molar refractivity (Wildman–Crippen MR) is 128 cm³/mol. The first-order valence-electron chi connectivity index (χ1n) is 11.2. The number of nitrogens with zero attached hydrogens (tertiary/aromatic N) is 2. The van der Waals surface area contributed by atoms with Gasteiger partial charge >= 0.3 is 0 Å². The molecule has 3 N–H and O–H groups in total. The zero-order valence-electron chi connectivity index (χ0n) is 18.5. The maximum absolute atomic E-state index is 5.66. The van der Waals surface area contributed by atoms with Gasteiger partial charge in [-0.15, -0.1) is 0 Å². The van der Waals surface area contributed by atoms with Gasteiger partial charge in [-0.25, -0.2) is 0 Å². The van der Waals surface area contributed by atoms with Gasteiger partial charge in [-0.1, -0.05) is 36.4 Å². The standard InChI is InChI=1S/C25H33N5O/c1-26-25(27-14-13-19-17-28-22-11-5-3-9-20(19)22)29-18-23(30-15-7-8-16-30)21-10-4-6-12-24(21)31-2/h3-6,9-12,17,23,28H,7-8,13-16,18H2,1-2H3,(H2,26,27,29). The van der Waals surface area contributed by atoms with Crippen LogP contribution in [-0.2, 0) is 6.42 Å². The SMILES string of the molecule is CN=C(NCCc1c[nH]c2ccccc12)NCC(c1ccccc1OC)N1CCCC1. The van der Waals surface area contributed by atoms with E-state index in [1.165, 1.54) is 34.9 Å². The van der Waals surface area contributed by atoms with Crippen molar-refractivity contribution >= 4 is 16.9 Å². The smallest absolute Gasteiger partial charge is 0.191 e. The lowest BCUT2D eigenvalue weighted by Crippen LogP contribution is -2.43. The predicted octanol–water partition coefficient (Wildman–Crippen LogP) is 3.72. The van der Waals surface area contributed by atoms with Gasteiger partial charge in [0, 0.05) is 42.8 Å². The number of likely N-dealkylation sites (tertiary alicyclic amines) is 1. The van der Waals surface area contributed by atoms with Gasteiger partial charge in [-0.3, -0.25) is 9.89 Å². The Kier molecular flexibility index (Phi) is 7.10. The van der Waals surface area contributed by atoms with Crippen LogP contribution < -0.4 is 15.4 Å². The van der Waals surface area contributed by atoms with Gasteiger partial charge in [0.25, 0.3) is 0 Å². The highest BCUT2D eigenvalue weighted by Crippen LogP contribution is 2.31. The van der Waals surface area contributed by atoms with Gasteiger partial charge in [-0.05, 0) is 50.0 Å². The van der Waals surface area contributed by atoms with Crippen molar-refractivity contribution in [2.24, 2.45) is 4.99 Å². The minimum atomic E-state index is 0.255. The number of nitrogens with one attached hydrogen (secondary N) is 3. The van der Waals surface area contributed by atoms with Gasteiger partial charge < -0.3 is 20.4 Å². The Labute approximate surface area is 184 Å². The molecule has 0 amide bonds. The molecule has 1 aliphatic heterocycles. The highest BCUT2D eigenvalue weighted by molar-refractivity contribution is 5.83. The van der Waals surface area contributed by atoms with Crippen LogP contribution in [0.3, 0.4) is 0 Å². The summed E-state index contributed by atoms with van der Waals surface area (Å²) in [5.74, 6) is 1.78. The van der Waals surface area contributed by atoms with E-state index in [-0.39, 0.29) is 6.04 Å². The number of hydrogen-bond acceptors (Lipinski definition) is 3. The van der Waals surface area contributed by atoms with Gasteiger partial charge in [0.2, 0.25) is 0 Å². The number of para-hydroxylation sites is 2. The van der Waals surface area contributed by atoms with E-state index in [4.69, 9.17) is 4.74 Å². The third-order valence-electron chi connectivity index (χ3n) is 6.13. The molecule has 1 fully saturated rings. The summed E-state index contributed by atoms with van der Waals surface area (Å²) in [6.45, 7) is 3.85. The van der Waals surface area contributed by atoms with Crippen LogP contribution in [0.25, 0.3) is 10.9 Å². The molecule has 164 valence electrons. The molecule has 1 saturated heterocycles. The molecule has 1 atom stereocenters. The fourth-order valence-electron chi connectivity index (χ4n) is 4.50. The number of guanidine groups is 1. The average Bonchev–Trinajstić information content (AvgIpc) is 3.49. The fourth-order valence-corrected chi connectivity index (χ4v) is 4.50. The lowest BCUT2D eigenvalue weighted by molar-refractivity contribution is 0.239. The Morgan fingerprint density at radius 1 is 1.10 bits per heavy atom. The third-order valence-corrected chi connectivity index (χ3v) is 6.13. The van der Waals surface area contributed by atoms with Crippen molar-refractivity contribution in [3.8, 4) is 5.75 Å². The van der Waals surface area contributed by atoms with E-state index in [0.717, 1.165) is 44.3 Å². The van der Waals surface area contributed by atoms with E-state index in [1.54, 1.807) is 7.11 Å². The minimum Gasteiger partial charge on any atom is -0.496 e. The van der Waals surface area contributed by atoms with Crippen LogP contribution in [0.15, 0.2) is 59.7 Å². The summed E-state index contributed by atoms with van der Waals surface area (Å²) in [4.78, 5) is 10.3. The number of benzene rings is 2. The average molecular weight is 420 g/mol. The second-order valence-corrected chi connectivity index (χ2v) is 7.99. The summed E-state index contributed by atoms with van der Waals surface area (Å²) in [5.41, 5.74) is 3.74. The number of aromatic nitrogens is 1. The molecule has 3 aromatic rings. The zero-order chi connectivity index (χ0) is 21.5. The minimum absolute atomic E-state index is 0.255. The van der Waals surface area contributed by atoms with Crippen molar-refractivity contribution in [3.63, 3.8) is 0 Å². The molecule has 2 aromatic carbocycles. The molecule has 1 aromatic heterocycles. The first kappa shape index (κ1) is 21.2. The van der Waals surface area contributed by atoms with Crippen LogP contribution in [-0.4, -0.2) is 56.2 Å². The lowest BCUT2D eigenvalue weighted by Gasteiger charge is -2.30. The number of methoxy groups -OCH3 is 1. The summed E-state index contributed by atoms with van der Waals surface area (Å²) in [6.07, 6.45) is 5.55. The first-order valence-corrected chi connectivity index (χ1v) is 11.2. The highest BCUT2D eigenvalue weighted by Gasteiger charge is 2.26. The van der Waals surface area contributed by atoms with Crippen molar-refractivity contribution in [2.45, 2.75) is 25.3 Å².